The van der Waals surface area contributed by atoms with Crippen LogP contribution in [0.3, 0.4) is 0 Å². The van der Waals surface area contributed by atoms with Crippen LogP contribution in [0.5, 0.6) is 0 Å². The van der Waals surface area contributed by atoms with Crippen LogP contribution < -0.4 is 10.9 Å². The molecule has 0 bridgehead atoms. The lowest BCUT2D eigenvalue weighted by Gasteiger charge is -2.09. The van der Waals surface area contributed by atoms with Gasteiger partial charge < -0.3 is 5.32 Å². The lowest BCUT2D eigenvalue weighted by molar-refractivity contribution is -0.116. The molecule has 2 aromatic carbocycles. The van der Waals surface area contributed by atoms with Crippen molar-refractivity contribution in [1.82, 2.24) is 14.5 Å². The predicted octanol–water partition coefficient (Wildman–Crippen LogP) is 3.47. The molecular formula is C20H16N4O2S. The number of fused-ring (bicyclic) bond motifs is 1. The molecule has 4 aromatic rings. The van der Waals surface area contributed by atoms with E-state index in [9.17, 15) is 9.59 Å². The zero-order chi connectivity index (χ0) is 18.8. The van der Waals surface area contributed by atoms with Crippen molar-refractivity contribution in [3.05, 3.63) is 75.6 Å². The van der Waals surface area contributed by atoms with Crippen molar-refractivity contribution in [3.63, 3.8) is 0 Å². The molecule has 0 unspecified atom stereocenters. The van der Waals surface area contributed by atoms with Gasteiger partial charge in [-0.2, -0.15) is 0 Å². The van der Waals surface area contributed by atoms with Crippen LogP contribution in [0.2, 0.25) is 0 Å². The molecular weight excluding hydrogens is 360 g/mol. The third-order valence-corrected chi connectivity index (χ3v) is 4.88. The number of aromatic nitrogens is 3. The van der Waals surface area contributed by atoms with Gasteiger partial charge in [0.25, 0.3) is 5.56 Å². The Balaban J connectivity index is 1.53. The van der Waals surface area contributed by atoms with Crippen molar-refractivity contribution in [2.45, 2.75) is 13.5 Å². The van der Waals surface area contributed by atoms with Crippen molar-refractivity contribution < 1.29 is 4.79 Å². The van der Waals surface area contributed by atoms with Crippen LogP contribution in [0.25, 0.3) is 22.2 Å². The van der Waals surface area contributed by atoms with E-state index in [1.165, 1.54) is 10.9 Å². The molecule has 1 amide bonds. The van der Waals surface area contributed by atoms with Crippen LogP contribution in [0.4, 0.5) is 5.69 Å². The van der Waals surface area contributed by atoms with Gasteiger partial charge in [0.1, 0.15) is 6.54 Å². The summed E-state index contributed by atoms with van der Waals surface area (Å²) in [4.78, 5) is 33.6. The minimum atomic E-state index is -0.291. The van der Waals surface area contributed by atoms with Gasteiger partial charge in [-0.3, -0.25) is 14.2 Å². The number of carbonyl (C=O) groups excluding carboxylic acids is 1. The molecule has 0 aliphatic heterocycles. The van der Waals surface area contributed by atoms with E-state index in [-0.39, 0.29) is 18.0 Å². The molecule has 0 aliphatic carbocycles. The molecule has 0 saturated heterocycles. The predicted molar refractivity (Wildman–Crippen MR) is 107 cm³/mol. The Labute approximate surface area is 159 Å². The molecule has 0 saturated carbocycles. The second-order valence-corrected chi connectivity index (χ2v) is 7.14. The van der Waals surface area contributed by atoms with Crippen LogP contribution in [0.15, 0.2) is 65.0 Å². The second-order valence-electron chi connectivity index (χ2n) is 6.08. The summed E-state index contributed by atoms with van der Waals surface area (Å²) in [5.74, 6) is -0.291. The molecule has 1 N–H and O–H groups in total. The molecule has 0 spiro atoms. The highest BCUT2D eigenvalue weighted by Gasteiger charge is 2.09. The van der Waals surface area contributed by atoms with Gasteiger partial charge in [0.15, 0.2) is 0 Å². The smallest absolute Gasteiger partial charge is 0.261 e. The SMILES string of the molecule is Cc1nc(-c2cccc(NC(=O)Cn3cnc4ccccc4c3=O)c2)cs1. The molecule has 2 heterocycles. The third-order valence-electron chi connectivity index (χ3n) is 4.11. The number of hydrogen-bond donors (Lipinski definition) is 1. The first-order valence-electron chi connectivity index (χ1n) is 8.37. The molecule has 2 aromatic heterocycles. The number of para-hydroxylation sites is 1. The van der Waals surface area contributed by atoms with Gasteiger partial charge in [-0.05, 0) is 31.2 Å². The van der Waals surface area contributed by atoms with Crippen molar-refractivity contribution in [2.75, 3.05) is 5.32 Å². The highest BCUT2D eigenvalue weighted by Crippen LogP contribution is 2.24. The maximum Gasteiger partial charge on any atom is 0.261 e. The third kappa shape index (κ3) is 3.63. The number of hydrogen-bond acceptors (Lipinski definition) is 5. The van der Waals surface area contributed by atoms with Crippen molar-refractivity contribution in [3.8, 4) is 11.3 Å². The number of carbonyl (C=O) groups is 1. The van der Waals surface area contributed by atoms with E-state index in [1.54, 1.807) is 29.5 Å². The van der Waals surface area contributed by atoms with Crippen molar-refractivity contribution >= 4 is 33.8 Å². The van der Waals surface area contributed by atoms with Crippen LogP contribution in [-0.4, -0.2) is 20.4 Å². The number of nitrogens with zero attached hydrogens (tertiary/aromatic N) is 3. The summed E-state index contributed by atoms with van der Waals surface area (Å²) in [6.45, 7) is 1.85. The van der Waals surface area contributed by atoms with E-state index in [2.05, 4.69) is 15.3 Å². The molecule has 4 rings (SSSR count). The Morgan fingerprint density at radius 1 is 1.19 bits per heavy atom. The van der Waals surface area contributed by atoms with E-state index >= 15 is 0 Å². The van der Waals surface area contributed by atoms with Gasteiger partial charge >= 0.3 is 0 Å². The summed E-state index contributed by atoms with van der Waals surface area (Å²) in [5, 5.41) is 6.30. The molecule has 6 nitrogen and oxygen atoms in total. The first-order chi connectivity index (χ1) is 13.1. The number of amides is 1. The fourth-order valence-corrected chi connectivity index (χ4v) is 3.45. The molecule has 27 heavy (non-hydrogen) atoms. The van der Waals surface area contributed by atoms with E-state index in [0.29, 0.717) is 16.6 Å². The lowest BCUT2D eigenvalue weighted by atomic mass is 10.1. The highest BCUT2D eigenvalue weighted by molar-refractivity contribution is 7.09. The topological polar surface area (TPSA) is 76.9 Å². The average Bonchev–Trinajstić information content (AvgIpc) is 3.11. The van der Waals surface area contributed by atoms with E-state index in [4.69, 9.17) is 0 Å². The van der Waals surface area contributed by atoms with E-state index < -0.39 is 0 Å². The Kier molecular flexibility index (Phi) is 4.52. The summed E-state index contributed by atoms with van der Waals surface area (Å²) in [6.07, 6.45) is 1.40. The minimum Gasteiger partial charge on any atom is -0.325 e. The summed E-state index contributed by atoms with van der Waals surface area (Å²) < 4.78 is 1.31. The van der Waals surface area contributed by atoms with Gasteiger partial charge in [0, 0.05) is 16.6 Å². The van der Waals surface area contributed by atoms with Crippen LogP contribution in [-0.2, 0) is 11.3 Å². The molecule has 134 valence electrons. The summed E-state index contributed by atoms with van der Waals surface area (Å²) in [6, 6.07) is 14.6. The first-order valence-corrected chi connectivity index (χ1v) is 9.25. The fourth-order valence-electron chi connectivity index (χ4n) is 2.83. The van der Waals surface area contributed by atoms with Gasteiger partial charge in [-0.15, -0.1) is 11.3 Å². The van der Waals surface area contributed by atoms with Crippen LogP contribution >= 0.6 is 11.3 Å². The quantitative estimate of drug-likeness (QED) is 0.592. The van der Waals surface area contributed by atoms with Crippen molar-refractivity contribution in [1.29, 1.82) is 0 Å². The average molecular weight is 376 g/mol. The summed E-state index contributed by atoms with van der Waals surface area (Å²) in [7, 11) is 0. The maximum absolute atomic E-state index is 12.5. The number of benzene rings is 2. The molecule has 7 heteroatoms. The number of thiazole rings is 1. The fraction of sp³-hybridized carbons (Fsp3) is 0.100. The molecule has 0 radical (unpaired) electrons. The highest BCUT2D eigenvalue weighted by atomic mass is 32.1. The van der Waals surface area contributed by atoms with Gasteiger partial charge in [-0.25, -0.2) is 9.97 Å². The normalized spacial score (nSPS) is 10.9. The molecule has 0 aliphatic rings. The molecule has 0 atom stereocenters. The number of rotatable bonds is 4. The molecule has 0 fully saturated rings. The Morgan fingerprint density at radius 2 is 2.04 bits per heavy atom. The Bertz CT molecular complexity index is 1200. The maximum atomic E-state index is 12.5. The van der Waals surface area contributed by atoms with Crippen LogP contribution in [0, 0.1) is 6.92 Å². The van der Waals surface area contributed by atoms with Crippen LogP contribution in [0.1, 0.15) is 5.01 Å². The minimum absolute atomic E-state index is 0.100. The Morgan fingerprint density at radius 3 is 2.85 bits per heavy atom. The van der Waals surface area contributed by atoms with Gasteiger partial charge in [0.2, 0.25) is 5.91 Å². The lowest BCUT2D eigenvalue weighted by Crippen LogP contribution is -2.27. The van der Waals surface area contributed by atoms with Gasteiger partial charge in [0.05, 0.1) is 27.9 Å². The van der Waals surface area contributed by atoms with E-state index in [1.807, 2.05) is 42.6 Å². The first kappa shape index (κ1) is 17.1. The summed E-state index contributed by atoms with van der Waals surface area (Å²) in [5.41, 5.74) is 2.85. The Hall–Kier alpha value is -3.32. The standard InChI is InChI=1S/C20H16N4O2S/c1-13-22-18(11-27-13)14-5-4-6-15(9-14)23-19(25)10-24-12-21-17-8-3-2-7-16(17)20(24)26/h2-9,11-12H,10H2,1H3,(H,23,25). The summed E-state index contributed by atoms with van der Waals surface area (Å²) >= 11 is 1.58. The zero-order valence-corrected chi connectivity index (χ0v) is 15.4. The number of nitrogens with one attached hydrogen (secondary N) is 1. The monoisotopic (exact) mass is 376 g/mol. The zero-order valence-electron chi connectivity index (χ0n) is 14.5. The number of anilines is 1. The second kappa shape index (κ2) is 7.13. The number of aryl methyl sites for hydroxylation is 1. The van der Waals surface area contributed by atoms with E-state index in [0.717, 1.165) is 16.3 Å². The van der Waals surface area contributed by atoms with Crippen molar-refractivity contribution in [2.24, 2.45) is 0 Å². The van der Waals surface area contributed by atoms with Gasteiger partial charge in [-0.1, -0.05) is 24.3 Å². The largest absolute Gasteiger partial charge is 0.325 e.